The van der Waals surface area contributed by atoms with E-state index in [1.165, 1.54) is 11.3 Å². The summed E-state index contributed by atoms with van der Waals surface area (Å²) in [4.78, 5) is 16.3. The third-order valence-corrected chi connectivity index (χ3v) is 4.97. The van der Waals surface area contributed by atoms with Crippen molar-refractivity contribution in [2.45, 2.75) is 13.8 Å². The lowest BCUT2D eigenvalue weighted by atomic mass is 10.1. The normalized spacial score (nSPS) is 10.8. The summed E-state index contributed by atoms with van der Waals surface area (Å²) in [6.45, 7) is 3.72. The number of amides is 1. The molecule has 0 saturated heterocycles. The molecule has 134 valence electrons. The molecule has 0 aliphatic heterocycles. The molecule has 2 aromatic carbocycles. The highest BCUT2D eigenvalue weighted by molar-refractivity contribution is 7.14. The summed E-state index contributed by atoms with van der Waals surface area (Å²) in [5, 5.41) is 9.93. The van der Waals surface area contributed by atoms with Crippen LogP contribution in [-0.2, 0) is 4.79 Å². The highest BCUT2D eigenvalue weighted by atomic mass is 35.5. The van der Waals surface area contributed by atoms with Gasteiger partial charge in [-0.05, 0) is 30.3 Å². The maximum atomic E-state index is 11.7. The number of hydrogen-bond acceptors (Lipinski definition) is 4. The monoisotopic (exact) mass is 405 g/mol. The topological polar surface area (TPSA) is 54.0 Å². The molecule has 1 aromatic heterocycles. The summed E-state index contributed by atoms with van der Waals surface area (Å²) in [7, 11) is 0. The van der Waals surface area contributed by atoms with Crippen molar-refractivity contribution >= 4 is 57.0 Å². The van der Waals surface area contributed by atoms with Crippen LogP contribution >= 0.6 is 34.5 Å². The first kappa shape index (κ1) is 18.7. The van der Waals surface area contributed by atoms with Gasteiger partial charge in [0.05, 0.1) is 16.4 Å². The smallest absolute Gasteiger partial charge is 0.226 e. The number of carbonyl (C=O) groups excluding carboxylic acids is 1. The zero-order valence-corrected chi connectivity index (χ0v) is 16.5. The summed E-state index contributed by atoms with van der Waals surface area (Å²) in [5.41, 5.74) is 3.30. The van der Waals surface area contributed by atoms with Crippen molar-refractivity contribution in [3.8, 4) is 11.3 Å². The van der Waals surface area contributed by atoms with Crippen molar-refractivity contribution in [2.24, 2.45) is 5.92 Å². The van der Waals surface area contributed by atoms with Gasteiger partial charge in [0, 0.05) is 27.6 Å². The molecule has 1 heterocycles. The summed E-state index contributed by atoms with van der Waals surface area (Å²) >= 11 is 13.7. The Balaban J connectivity index is 1.73. The van der Waals surface area contributed by atoms with Gasteiger partial charge in [-0.25, -0.2) is 4.98 Å². The molecular weight excluding hydrogens is 389 g/mol. The second kappa shape index (κ2) is 8.08. The van der Waals surface area contributed by atoms with E-state index >= 15 is 0 Å². The predicted molar refractivity (Wildman–Crippen MR) is 111 cm³/mol. The van der Waals surface area contributed by atoms with Gasteiger partial charge < -0.3 is 10.6 Å². The van der Waals surface area contributed by atoms with E-state index in [-0.39, 0.29) is 11.8 Å². The van der Waals surface area contributed by atoms with E-state index in [2.05, 4.69) is 15.6 Å². The van der Waals surface area contributed by atoms with E-state index in [9.17, 15) is 4.79 Å². The van der Waals surface area contributed by atoms with Crippen molar-refractivity contribution in [3.05, 3.63) is 57.9 Å². The minimum absolute atomic E-state index is 0.00343. The third kappa shape index (κ3) is 4.55. The zero-order chi connectivity index (χ0) is 18.7. The van der Waals surface area contributed by atoms with Gasteiger partial charge in [0.25, 0.3) is 0 Å². The Bertz CT molecular complexity index is 923. The molecule has 26 heavy (non-hydrogen) atoms. The molecule has 1 amide bonds. The number of rotatable bonds is 5. The Morgan fingerprint density at radius 3 is 2.54 bits per heavy atom. The lowest BCUT2D eigenvalue weighted by Gasteiger charge is -2.08. The van der Waals surface area contributed by atoms with Gasteiger partial charge in [0.2, 0.25) is 5.91 Å². The van der Waals surface area contributed by atoms with E-state index in [4.69, 9.17) is 23.2 Å². The van der Waals surface area contributed by atoms with E-state index < -0.39 is 0 Å². The summed E-state index contributed by atoms with van der Waals surface area (Å²) < 4.78 is 0. The van der Waals surface area contributed by atoms with Crippen molar-refractivity contribution < 1.29 is 4.79 Å². The van der Waals surface area contributed by atoms with E-state index in [1.54, 1.807) is 18.2 Å². The molecule has 0 atom stereocenters. The second-order valence-electron chi connectivity index (χ2n) is 6.01. The van der Waals surface area contributed by atoms with Crippen LogP contribution in [0.4, 0.5) is 16.5 Å². The molecule has 0 aliphatic carbocycles. The third-order valence-electron chi connectivity index (χ3n) is 3.65. The number of halogens is 2. The highest BCUT2D eigenvalue weighted by Gasteiger charge is 2.09. The molecule has 0 spiro atoms. The fraction of sp³-hybridized carbons (Fsp3) is 0.158. The summed E-state index contributed by atoms with van der Waals surface area (Å²) in [6, 6.07) is 12.8. The Hall–Kier alpha value is -2.08. The van der Waals surface area contributed by atoms with Crippen molar-refractivity contribution in [1.82, 2.24) is 4.98 Å². The zero-order valence-electron chi connectivity index (χ0n) is 14.2. The number of nitrogens with zero attached hydrogens (tertiary/aromatic N) is 1. The number of nitrogens with one attached hydrogen (secondary N) is 2. The van der Waals surface area contributed by atoms with Crippen LogP contribution in [-0.4, -0.2) is 10.9 Å². The van der Waals surface area contributed by atoms with Gasteiger partial charge in [-0.15, -0.1) is 11.3 Å². The van der Waals surface area contributed by atoms with Crippen LogP contribution in [0.3, 0.4) is 0 Å². The first-order valence-electron chi connectivity index (χ1n) is 8.01. The first-order valence-corrected chi connectivity index (χ1v) is 9.65. The molecule has 4 nitrogen and oxygen atoms in total. The largest absolute Gasteiger partial charge is 0.330 e. The van der Waals surface area contributed by atoms with Gasteiger partial charge in [0.1, 0.15) is 0 Å². The van der Waals surface area contributed by atoms with Crippen molar-refractivity contribution in [2.75, 3.05) is 10.6 Å². The molecule has 0 radical (unpaired) electrons. The number of anilines is 3. The number of thiazole rings is 1. The number of benzene rings is 2. The molecule has 2 N–H and O–H groups in total. The number of hydrogen-bond donors (Lipinski definition) is 2. The van der Waals surface area contributed by atoms with Crippen LogP contribution in [0, 0.1) is 5.92 Å². The highest BCUT2D eigenvalue weighted by Crippen LogP contribution is 2.32. The Morgan fingerprint density at radius 2 is 1.85 bits per heavy atom. The van der Waals surface area contributed by atoms with Crippen LogP contribution in [0.2, 0.25) is 10.0 Å². The van der Waals surface area contributed by atoms with Gasteiger partial charge in [-0.1, -0.05) is 49.2 Å². The number of carbonyl (C=O) groups is 1. The second-order valence-corrected chi connectivity index (χ2v) is 7.71. The molecule has 0 fully saturated rings. The van der Waals surface area contributed by atoms with Gasteiger partial charge in [0.15, 0.2) is 5.13 Å². The first-order chi connectivity index (χ1) is 12.4. The minimum atomic E-state index is -0.0554. The van der Waals surface area contributed by atoms with Crippen molar-refractivity contribution in [1.29, 1.82) is 0 Å². The molecule has 0 unspecified atom stereocenters. The van der Waals surface area contributed by atoms with Gasteiger partial charge in [-0.2, -0.15) is 0 Å². The SMILES string of the molecule is CC(C)C(=O)Nc1ccc(-c2csc(Nc3cc(Cl)ccc3Cl)n2)cc1. The van der Waals surface area contributed by atoms with E-state index in [0.29, 0.717) is 15.7 Å². The number of aromatic nitrogens is 1. The molecule has 0 aliphatic rings. The van der Waals surface area contributed by atoms with Crippen LogP contribution in [0.25, 0.3) is 11.3 Å². The van der Waals surface area contributed by atoms with Crippen LogP contribution in [0.5, 0.6) is 0 Å². The molecule has 0 saturated carbocycles. The predicted octanol–water partition coefficient (Wildman–Crippen LogP) is 6.46. The fourth-order valence-corrected chi connectivity index (χ4v) is 3.25. The summed E-state index contributed by atoms with van der Waals surface area (Å²) in [6.07, 6.45) is 0. The maximum Gasteiger partial charge on any atom is 0.226 e. The lowest BCUT2D eigenvalue weighted by molar-refractivity contribution is -0.118. The van der Waals surface area contributed by atoms with Crippen LogP contribution in [0.1, 0.15) is 13.8 Å². The Labute approximate surface area is 166 Å². The quantitative estimate of drug-likeness (QED) is 0.512. The van der Waals surface area contributed by atoms with Crippen LogP contribution < -0.4 is 10.6 Å². The molecule has 0 bridgehead atoms. The van der Waals surface area contributed by atoms with E-state index in [0.717, 1.165) is 22.1 Å². The Kier molecular flexibility index (Phi) is 5.81. The van der Waals surface area contributed by atoms with Crippen LogP contribution in [0.15, 0.2) is 47.8 Å². The average molecular weight is 406 g/mol. The fourth-order valence-electron chi connectivity index (χ4n) is 2.18. The Morgan fingerprint density at radius 1 is 1.12 bits per heavy atom. The maximum absolute atomic E-state index is 11.7. The lowest BCUT2D eigenvalue weighted by Crippen LogP contribution is -2.17. The molecular formula is C19H17Cl2N3OS. The minimum Gasteiger partial charge on any atom is -0.330 e. The molecule has 3 rings (SSSR count). The molecule has 3 aromatic rings. The van der Waals surface area contributed by atoms with Gasteiger partial charge in [-0.3, -0.25) is 4.79 Å². The standard InChI is InChI=1S/C19H17Cl2N3OS/c1-11(2)18(25)22-14-6-3-12(4-7-14)17-10-26-19(24-17)23-16-9-13(20)5-8-15(16)21/h3-11H,1-2H3,(H,22,25)(H,23,24). The summed E-state index contributed by atoms with van der Waals surface area (Å²) in [5.74, 6) is -0.0588. The molecule has 7 heteroatoms. The average Bonchev–Trinajstić information content (AvgIpc) is 3.07. The van der Waals surface area contributed by atoms with Gasteiger partial charge >= 0.3 is 0 Å². The van der Waals surface area contributed by atoms with E-state index in [1.807, 2.05) is 43.5 Å². The van der Waals surface area contributed by atoms with Crippen molar-refractivity contribution in [3.63, 3.8) is 0 Å².